The number of sulfonamides is 1. The van der Waals surface area contributed by atoms with Crippen LogP contribution in [0.3, 0.4) is 0 Å². The topological polar surface area (TPSA) is 63.4 Å². The fraction of sp³-hybridized carbons (Fsp3) is 1.00. The van der Waals surface area contributed by atoms with Gasteiger partial charge in [-0.2, -0.15) is 4.31 Å². The van der Waals surface area contributed by atoms with Gasteiger partial charge in [-0.05, 0) is 33.6 Å². The van der Waals surface area contributed by atoms with Gasteiger partial charge in [0.1, 0.15) is 0 Å². The van der Waals surface area contributed by atoms with Crippen molar-refractivity contribution in [3.8, 4) is 0 Å². The molecule has 0 aromatic carbocycles. The molecule has 0 spiro atoms. The SMILES string of the molecule is CCCN(C(C)(CC)CN)S(=O)(=O)C(C)C. The minimum absolute atomic E-state index is 0.357. The van der Waals surface area contributed by atoms with E-state index in [-0.39, 0.29) is 0 Å². The molecule has 0 aromatic heterocycles. The predicted molar refractivity (Wildman–Crippen MR) is 68.8 cm³/mol. The van der Waals surface area contributed by atoms with Gasteiger partial charge in [0, 0.05) is 18.6 Å². The molecule has 0 amide bonds. The average Bonchev–Trinajstić information content (AvgIpc) is 2.24. The van der Waals surface area contributed by atoms with E-state index in [1.807, 2.05) is 20.8 Å². The standard InChI is InChI=1S/C11H26N2O2S/c1-6-8-13(11(5,7-2)9-12)16(14,15)10(3)4/h10H,6-9,12H2,1-5H3. The molecule has 0 aliphatic rings. The lowest BCUT2D eigenvalue weighted by Gasteiger charge is -2.39. The number of nitrogens with zero attached hydrogens (tertiary/aromatic N) is 1. The highest BCUT2D eigenvalue weighted by molar-refractivity contribution is 7.89. The summed E-state index contributed by atoms with van der Waals surface area (Å²) in [5.41, 5.74) is 5.28. The summed E-state index contributed by atoms with van der Waals surface area (Å²) in [7, 11) is -3.23. The largest absolute Gasteiger partial charge is 0.329 e. The zero-order valence-electron chi connectivity index (χ0n) is 11.2. The highest BCUT2D eigenvalue weighted by Gasteiger charge is 2.38. The van der Waals surface area contributed by atoms with E-state index < -0.39 is 20.8 Å². The summed E-state index contributed by atoms with van der Waals surface area (Å²) >= 11 is 0. The summed E-state index contributed by atoms with van der Waals surface area (Å²) in [6.07, 6.45) is 1.54. The second kappa shape index (κ2) is 5.98. The molecular formula is C11H26N2O2S. The van der Waals surface area contributed by atoms with Gasteiger partial charge in [0.2, 0.25) is 10.0 Å². The van der Waals surface area contributed by atoms with Gasteiger partial charge >= 0.3 is 0 Å². The van der Waals surface area contributed by atoms with E-state index in [1.165, 1.54) is 0 Å². The van der Waals surface area contributed by atoms with Crippen LogP contribution in [0.1, 0.15) is 47.5 Å². The third-order valence-electron chi connectivity index (χ3n) is 3.13. The molecule has 0 bridgehead atoms. The van der Waals surface area contributed by atoms with Crippen molar-refractivity contribution in [3.05, 3.63) is 0 Å². The van der Waals surface area contributed by atoms with Gasteiger partial charge in [-0.3, -0.25) is 0 Å². The molecule has 1 atom stereocenters. The lowest BCUT2D eigenvalue weighted by Crippen LogP contribution is -2.55. The number of hydrogen-bond donors (Lipinski definition) is 1. The maximum absolute atomic E-state index is 12.3. The Kier molecular flexibility index (Phi) is 5.93. The van der Waals surface area contributed by atoms with E-state index in [4.69, 9.17) is 5.73 Å². The molecule has 5 heteroatoms. The maximum Gasteiger partial charge on any atom is 0.216 e. The van der Waals surface area contributed by atoms with E-state index >= 15 is 0 Å². The Hall–Kier alpha value is -0.130. The summed E-state index contributed by atoms with van der Waals surface area (Å²) in [5, 5.41) is -0.392. The Morgan fingerprint density at radius 3 is 2.06 bits per heavy atom. The summed E-state index contributed by atoms with van der Waals surface area (Å²) in [6.45, 7) is 10.2. The van der Waals surface area contributed by atoms with Gasteiger partial charge in [0.25, 0.3) is 0 Å². The van der Waals surface area contributed by atoms with E-state index in [1.54, 1.807) is 18.2 Å². The Balaban J connectivity index is 5.31. The van der Waals surface area contributed by atoms with Crippen molar-refractivity contribution in [3.63, 3.8) is 0 Å². The van der Waals surface area contributed by atoms with Crippen molar-refractivity contribution in [2.24, 2.45) is 5.73 Å². The highest BCUT2D eigenvalue weighted by Crippen LogP contribution is 2.24. The van der Waals surface area contributed by atoms with Gasteiger partial charge in [-0.25, -0.2) is 8.42 Å². The first-order chi connectivity index (χ1) is 7.26. The van der Waals surface area contributed by atoms with Crippen molar-refractivity contribution in [1.29, 1.82) is 0 Å². The van der Waals surface area contributed by atoms with Crippen LogP contribution in [0.5, 0.6) is 0 Å². The molecular weight excluding hydrogens is 224 g/mol. The third kappa shape index (κ3) is 3.18. The summed E-state index contributed by atoms with van der Waals surface area (Å²) in [6, 6.07) is 0. The van der Waals surface area contributed by atoms with Crippen molar-refractivity contribution in [1.82, 2.24) is 4.31 Å². The molecule has 0 saturated heterocycles. The lowest BCUT2D eigenvalue weighted by atomic mass is 9.99. The zero-order chi connectivity index (χ0) is 13.0. The van der Waals surface area contributed by atoms with E-state index in [0.29, 0.717) is 13.1 Å². The van der Waals surface area contributed by atoms with Crippen LogP contribution in [-0.2, 0) is 10.0 Å². The summed E-state index contributed by atoms with van der Waals surface area (Å²) in [5.74, 6) is 0. The highest BCUT2D eigenvalue weighted by atomic mass is 32.2. The smallest absolute Gasteiger partial charge is 0.216 e. The second-order valence-electron chi connectivity index (χ2n) is 4.72. The molecule has 0 heterocycles. The zero-order valence-corrected chi connectivity index (χ0v) is 12.0. The van der Waals surface area contributed by atoms with E-state index in [0.717, 1.165) is 12.8 Å². The molecule has 1 unspecified atom stereocenters. The van der Waals surface area contributed by atoms with Gasteiger partial charge in [-0.15, -0.1) is 0 Å². The first-order valence-electron chi connectivity index (χ1n) is 5.98. The first-order valence-corrected chi connectivity index (χ1v) is 7.48. The van der Waals surface area contributed by atoms with Crippen LogP contribution < -0.4 is 5.73 Å². The van der Waals surface area contributed by atoms with Crippen LogP contribution in [0.2, 0.25) is 0 Å². The third-order valence-corrected chi connectivity index (χ3v) is 5.56. The molecule has 4 nitrogen and oxygen atoms in total. The Morgan fingerprint density at radius 1 is 1.31 bits per heavy atom. The van der Waals surface area contributed by atoms with Gasteiger partial charge in [-0.1, -0.05) is 13.8 Å². The number of nitrogens with two attached hydrogens (primary N) is 1. The number of hydrogen-bond acceptors (Lipinski definition) is 3. The van der Waals surface area contributed by atoms with Gasteiger partial charge in [0.15, 0.2) is 0 Å². The molecule has 0 rings (SSSR count). The van der Waals surface area contributed by atoms with Crippen LogP contribution in [0, 0.1) is 0 Å². The second-order valence-corrected chi connectivity index (χ2v) is 7.13. The summed E-state index contributed by atoms with van der Waals surface area (Å²) in [4.78, 5) is 0. The van der Waals surface area contributed by atoms with Crippen molar-refractivity contribution >= 4 is 10.0 Å². The molecule has 16 heavy (non-hydrogen) atoms. The lowest BCUT2D eigenvalue weighted by molar-refractivity contribution is 0.204. The number of rotatable bonds is 7. The van der Waals surface area contributed by atoms with Crippen LogP contribution in [0.25, 0.3) is 0 Å². The molecule has 2 N–H and O–H groups in total. The molecule has 0 aliphatic heterocycles. The van der Waals surface area contributed by atoms with Crippen molar-refractivity contribution < 1.29 is 8.42 Å². The normalized spacial score (nSPS) is 16.8. The fourth-order valence-electron chi connectivity index (χ4n) is 1.58. The minimum Gasteiger partial charge on any atom is -0.329 e. The molecule has 0 aliphatic carbocycles. The van der Waals surface area contributed by atoms with Crippen molar-refractivity contribution in [2.75, 3.05) is 13.1 Å². The molecule has 0 fully saturated rings. The molecule has 0 saturated carbocycles. The van der Waals surface area contributed by atoms with Crippen LogP contribution in [-0.4, -0.2) is 36.6 Å². The molecule has 0 radical (unpaired) electrons. The van der Waals surface area contributed by atoms with Crippen LogP contribution >= 0.6 is 0 Å². The fourth-order valence-corrected chi connectivity index (χ4v) is 3.35. The summed E-state index contributed by atoms with van der Waals surface area (Å²) < 4.78 is 26.1. The Labute approximate surface area is 100 Å². The quantitative estimate of drug-likeness (QED) is 0.746. The minimum atomic E-state index is -3.23. The van der Waals surface area contributed by atoms with Gasteiger partial charge < -0.3 is 5.73 Å². The van der Waals surface area contributed by atoms with E-state index in [2.05, 4.69) is 0 Å². The molecule has 0 aromatic rings. The van der Waals surface area contributed by atoms with E-state index in [9.17, 15) is 8.42 Å². The van der Waals surface area contributed by atoms with Crippen LogP contribution in [0.4, 0.5) is 0 Å². The average molecular weight is 250 g/mol. The monoisotopic (exact) mass is 250 g/mol. The predicted octanol–water partition coefficient (Wildman–Crippen LogP) is 1.56. The van der Waals surface area contributed by atoms with Crippen molar-refractivity contribution in [2.45, 2.75) is 58.2 Å². The maximum atomic E-state index is 12.3. The van der Waals surface area contributed by atoms with Crippen LogP contribution in [0.15, 0.2) is 0 Å². The molecule has 98 valence electrons. The van der Waals surface area contributed by atoms with Gasteiger partial charge in [0.05, 0.1) is 5.25 Å². The Morgan fingerprint density at radius 2 is 1.81 bits per heavy atom. The Bertz CT molecular complexity index is 295. The first kappa shape index (κ1) is 15.9.